The highest BCUT2D eigenvalue weighted by atomic mass is 35.5. The quantitative estimate of drug-likeness (QED) is 0.572. The zero-order valence-corrected chi connectivity index (χ0v) is 20.1. The Morgan fingerprint density at radius 1 is 1.12 bits per heavy atom. The number of amides is 1. The molecule has 0 aromatic heterocycles. The number of benzene rings is 2. The van der Waals surface area contributed by atoms with Crippen molar-refractivity contribution in [2.75, 3.05) is 57.0 Å². The van der Waals surface area contributed by atoms with Crippen molar-refractivity contribution in [2.24, 2.45) is 0 Å². The van der Waals surface area contributed by atoms with Gasteiger partial charge in [0, 0.05) is 54.0 Å². The van der Waals surface area contributed by atoms with Crippen LogP contribution in [0.4, 0.5) is 5.69 Å². The van der Waals surface area contributed by atoms with Gasteiger partial charge in [-0.05, 0) is 61.4 Å². The number of methoxy groups -OCH3 is 1. The number of nitrogens with one attached hydrogen (secondary N) is 1. The van der Waals surface area contributed by atoms with E-state index in [1.165, 1.54) is 10.6 Å². The molecule has 2 aromatic carbocycles. The third-order valence-electron chi connectivity index (χ3n) is 5.96. The zero-order valence-electron chi connectivity index (χ0n) is 18.5. The van der Waals surface area contributed by atoms with Crippen molar-refractivity contribution in [2.45, 2.75) is 17.7 Å². The van der Waals surface area contributed by atoms with Crippen LogP contribution in [0, 0.1) is 0 Å². The second kappa shape index (κ2) is 11.1. The molecule has 5 nitrogen and oxygen atoms in total. The number of piperazine rings is 1. The van der Waals surface area contributed by atoms with Gasteiger partial charge in [0.2, 0.25) is 5.91 Å². The van der Waals surface area contributed by atoms with Gasteiger partial charge in [0.1, 0.15) is 5.75 Å². The summed E-state index contributed by atoms with van der Waals surface area (Å²) in [5, 5.41) is 3.78. The van der Waals surface area contributed by atoms with Crippen molar-refractivity contribution in [1.29, 1.82) is 0 Å². The van der Waals surface area contributed by atoms with E-state index in [-0.39, 0.29) is 5.91 Å². The molecule has 0 radical (unpaired) electrons. The third-order valence-corrected chi connectivity index (χ3v) is 7.33. The van der Waals surface area contributed by atoms with Gasteiger partial charge in [-0.25, -0.2) is 0 Å². The van der Waals surface area contributed by atoms with Crippen LogP contribution in [0.1, 0.15) is 18.4 Å². The predicted molar refractivity (Wildman–Crippen MR) is 134 cm³/mol. The highest BCUT2D eigenvalue weighted by Gasteiger charge is 2.19. The number of ether oxygens (including phenoxy) is 1. The van der Waals surface area contributed by atoms with Crippen LogP contribution >= 0.6 is 23.4 Å². The maximum Gasteiger partial charge on any atom is 0.248 e. The summed E-state index contributed by atoms with van der Waals surface area (Å²) >= 11 is 7.78. The van der Waals surface area contributed by atoms with E-state index in [2.05, 4.69) is 27.2 Å². The van der Waals surface area contributed by atoms with Crippen molar-refractivity contribution >= 4 is 41.0 Å². The van der Waals surface area contributed by atoms with Crippen LogP contribution in [-0.4, -0.2) is 62.9 Å². The largest absolute Gasteiger partial charge is 0.495 e. The average Bonchev–Trinajstić information content (AvgIpc) is 2.83. The van der Waals surface area contributed by atoms with E-state index < -0.39 is 0 Å². The second-order valence-electron chi connectivity index (χ2n) is 8.10. The lowest BCUT2D eigenvalue weighted by molar-refractivity contribution is -0.117. The fourth-order valence-corrected chi connectivity index (χ4v) is 5.31. The Morgan fingerprint density at radius 2 is 1.94 bits per heavy atom. The molecule has 32 heavy (non-hydrogen) atoms. The van der Waals surface area contributed by atoms with E-state index in [1.807, 2.05) is 36.4 Å². The van der Waals surface area contributed by atoms with Crippen molar-refractivity contribution in [3.8, 4) is 5.75 Å². The fourth-order valence-electron chi connectivity index (χ4n) is 4.16. The first-order valence-electron chi connectivity index (χ1n) is 11.2. The molecule has 0 aliphatic carbocycles. The van der Waals surface area contributed by atoms with Crippen LogP contribution in [0.15, 0.2) is 52.9 Å². The lowest BCUT2D eigenvalue weighted by atomic mass is 10.1. The van der Waals surface area contributed by atoms with Gasteiger partial charge in [0.25, 0.3) is 0 Å². The van der Waals surface area contributed by atoms with E-state index in [1.54, 1.807) is 18.9 Å². The Morgan fingerprint density at radius 3 is 2.75 bits per heavy atom. The molecule has 2 aliphatic rings. The molecule has 2 aromatic rings. The van der Waals surface area contributed by atoms with Gasteiger partial charge in [0.05, 0.1) is 12.8 Å². The predicted octanol–water partition coefficient (Wildman–Crippen LogP) is 4.56. The summed E-state index contributed by atoms with van der Waals surface area (Å²) in [4.78, 5) is 18.6. The van der Waals surface area contributed by atoms with E-state index in [0.717, 1.165) is 62.5 Å². The van der Waals surface area contributed by atoms with Crippen molar-refractivity contribution in [3.63, 3.8) is 0 Å². The van der Waals surface area contributed by atoms with Gasteiger partial charge in [-0.2, -0.15) is 0 Å². The Hall–Kier alpha value is -2.15. The highest BCUT2D eigenvalue weighted by Crippen LogP contribution is 2.33. The molecule has 2 aliphatic heterocycles. The molecule has 0 unspecified atom stereocenters. The number of fused-ring (bicyclic) bond motifs is 1. The molecule has 4 rings (SSSR count). The first kappa shape index (κ1) is 23.0. The molecule has 1 amide bonds. The summed E-state index contributed by atoms with van der Waals surface area (Å²) in [6.07, 6.45) is 4.04. The van der Waals surface area contributed by atoms with Crippen LogP contribution < -0.4 is 15.0 Å². The van der Waals surface area contributed by atoms with E-state index >= 15 is 0 Å². The molecule has 7 heteroatoms. The monoisotopic (exact) mass is 471 g/mol. The number of rotatable bonds is 8. The summed E-state index contributed by atoms with van der Waals surface area (Å²) in [6.45, 7) is 5.90. The number of carbonyl (C=O) groups is 1. The van der Waals surface area contributed by atoms with Crippen LogP contribution in [0.5, 0.6) is 5.75 Å². The number of carbonyl (C=O) groups excluding carboxylic acids is 1. The van der Waals surface area contributed by atoms with Crippen molar-refractivity contribution in [3.05, 3.63) is 58.6 Å². The molecule has 0 saturated carbocycles. The zero-order chi connectivity index (χ0) is 22.3. The molecule has 0 bridgehead atoms. The van der Waals surface area contributed by atoms with Crippen molar-refractivity contribution in [1.82, 2.24) is 10.2 Å². The van der Waals surface area contributed by atoms with Gasteiger partial charge < -0.3 is 15.0 Å². The van der Waals surface area contributed by atoms with Crippen LogP contribution in [-0.2, 0) is 4.79 Å². The number of unbranched alkanes of at least 4 members (excludes halogenated alkanes) is 1. The molecule has 1 N–H and O–H groups in total. The minimum Gasteiger partial charge on any atom is -0.495 e. The van der Waals surface area contributed by atoms with Gasteiger partial charge >= 0.3 is 0 Å². The lowest BCUT2D eigenvalue weighted by Crippen LogP contribution is -2.46. The number of hydrogen-bond donors (Lipinski definition) is 1. The number of nitrogens with zero attached hydrogens (tertiary/aromatic N) is 2. The minimum atomic E-state index is 0.0357. The van der Waals surface area contributed by atoms with Crippen molar-refractivity contribution < 1.29 is 9.53 Å². The van der Waals surface area contributed by atoms with Crippen LogP contribution in [0.3, 0.4) is 0 Å². The van der Waals surface area contributed by atoms with E-state index in [0.29, 0.717) is 17.3 Å². The molecular formula is C25H30ClN3O2S. The van der Waals surface area contributed by atoms with E-state index in [9.17, 15) is 4.79 Å². The standard InChI is InChI=1S/C25H30ClN3O2S/c1-31-23-7-3-2-6-22(23)29-14-12-28(13-15-29)11-5-4-10-27-25(30)20-16-19-17-21(26)8-9-24(19)32-18-20/h2-3,6-9,16-17H,4-5,10-15,18H2,1H3,(H,27,30). The molecule has 1 saturated heterocycles. The van der Waals surface area contributed by atoms with Crippen LogP contribution in [0.25, 0.3) is 6.08 Å². The van der Waals surface area contributed by atoms with E-state index in [4.69, 9.17) is 16.3 Å². The maximum absolute atomic E-state index is 12.5. The first-order valence-corrected chi connectivity index (χ1v) is 12.5. The Labute approximate surface area is 199 Å². The smallest absolute Gasteiger partial charge is 0.248 e. The SMILES string of the molecule is COc1ccccc1N1CCN(CCCCNC(=O)C2=Cc3cc(Cl)ccc3SC2)CC1. The number of anilines is 1. The second-order valence-corrected chi connectivity index (χ2v) is 9.56. The average molecular weight is 472 g/mol. The lowest BCUT2D eigenvalue weighted by Gasteiger charge is -2.36. The highest BCUT2D eigenvalue weighted by molar-refractivity contribution is 7.99. The molecule has 2 heterocycles. The maximum atomic E-state index is 12.5. The third kappa shape index (κ3) is 5.80. The van der Waals surface area contributed by atoms with Gasteiger partial charge in [-0.3, -0.25) is 9.69 Å². The summed E-state index contributed by atoms with van der Waals surface area (Å²) in [5.74, 6) is 1.68. The number of thioether (sulfide) groups is 1. The number of hydrogen-bond acceptors (Lipinski definition) is 5. The molecule has 1 fully saturated rings. The summed E-state index contributed by atoms with van der Waals surface area (Å²) < 4.78 is 5.50. The summed E-state index contributed by atoms with van der Waals surface area (Å²) in [7, 11) is 1.73. The first-order chi connectivity index (χ1) is 15.6. The Balaban J connectivity index is 1.15. The van der Waals surface area contributed by atoms with Gasteiger partial charge in [-0.1, -0.05) is 23.7 Å². The van der Waals surface area contributed by atoms with Gasteiger partial charge in [-0.15, -0.1) is 11.8 Å². The normalized spacial score (nSPS) is 16.3. The number of para-hydroxylation sites is 2. The Bertz CT molecular complexity index is 973. The molecule has 0 atom stereocenters. The molecular weight excluding hydrogens is 442 g/mol. The van der Waals surface area contributed by atoms with Gasteiger partial charge in [0.15, 0.2) is 0 Å². The Kier molecular flexibility index (Phi) is 8.00. The van der Waals surface area contributed by atoms with Crippen LogP contribution in [0.2, 0.25) is 5.02 Å². The summed E-state index contributed by atoms with van der Waals surface area (Å²) in [5.41, 5.74) is 3.03. The minimum absolute atomic E-state index is 0.0357. The molecule has 170 valence electrons. The topological polar surface area (TPSA) is 44.8 Å². The summed E-state index contributed by atoms with van der Waals surface area (Å²) in [6, 6.07) is 14.1. The number of halogens is 1. The molecule has 0 spiro atoms. The fraction of sp³-hybridized carbons (Fsp3) is 0.400.